The fourth-order valence-corrected chi connectivity index (χ4v) is 4.36. The number of amides is 2. The number of nitrogens with zero attached hydrogens (tertiary/aromatic N) is 4. The Hall–Kier alpha value is -4.61. The Morgan fingerprint density at radius 1 is 1.00 bits per heavy atom. The van der Waals surface area contributed by atoms with Crippen LogP contribution in [0.15, 0.2) is 51.3 Å². The van der Waals surface area contributed by atoms with Crippen LogP contribution >= 0.6 is 0 Å². The van der Waals surface area contributed by atoms with Crippen molar-refractivity contribution in [2.24, 2.45) is 0 Å². The first-order valence-electron chi connectivity index (χ1n) is 13.2. The maximum absolute atomic E-state index is 15.0. The molecule has 0 aliphatic heterocycles. The highest BCUT2D eigenvalue weighted by Crippen LogP contribution is 2.31. The Kier molecular flexibility index (Phi) is 8.46. The van der Waals surface area contributed by atoms with Gasteiger partial charge in [0.1, 0.15) is 34.2 Å². The van der Waals surface area contributed by atoms with E-state index in [0.29, 0.717) is 23.4 Å². The van der Waals surface area contributed by atoms with Gasteiger partial charge < -0.3 is 23.8 Å². The lowest BCUT2D eigenvalue weighted by Crippen LogP contribution is -2.47. The fraction of sp³-hybridized carbons (Fsp3) is 0.367. The maximum Gasteiger partial charge on any atom is 0.408 e. The molecule has 0 bridgehead atoms. The summed E-state index contributed by atoms with van der Waals surface area (Å²) in [5, 5.41) is 10.9. The smallest absolute Gasteiger partial charge is 0.408 e. The van der Waals surface area contributed by atoms with E-state index in [4.69, 9.17) is 13.6 Å². The molecule has 4 rings (SSSR count). The molecule has 222 valence electrons. The average Bonchev–Trinajstić information content (AvgIpc) is 3.49. The van der Waals surface area contributed by atoms with Crippen LogP contribution in [-0.4, -0.2) is 44.7 Å². The van der Waals surface area contributed by atoms with Crippen molar-refractivity contribution in [2.45, 2.75) is 65.6 Å². The van der Waals surface area contributed by atoms with Crippen LogP contribution in [0.5, 0.6) is 0 Å². The normalized spacial score (nSPS) is 13.0. The molecular formula is C30H33F2N5O5. The first-order valence-corrected chi connectivity index (χ1v) is 13.2. The van der Waals surface area contributed by atoms with E-state index in [1.54, 1.807) is 41.5 Å². The predicted molar refractivity (Wildman–Crippen MR) is 148 cm³/mol. The van der Waals surface area contributed by atoms with Crippen molar-refractivity contribution >= 4 is 12.0 Å². The second-order valence-corrected chi connectivity index (χ2v) is 11.2. The predicted octanol–water partition coefficient (Wildman–Crippen LogP) is 5.87. The quantitative estimate of drug-likeness (QED) is 0.274. The summed E-state index contributed by atoms with van der Waals surface area (Å²) in [5.74, 6) is -2.15. The Morgan fingerprint density at radius 3 is 2.31 bits per heavy atom. The zero-order chi connectivity index (χ0) is 30.8. The molecule has 2 amide bonds. The molecule has 0 aliphatic carbocycles. The van der Waals surface area contributed by atoms with Crippen LogP contribution < -0.4 is 5.32 Å². The van der Waals surface area contributed by atoms with Crippen LogP contribution in [0.1, 0.15) is 66.9 Å². The summed E-state index contributed by atoms with van der Waals surface area (Å²) in [6, 6.07) is 10.9. The van der Waals surface area contributed by atoms with E-state index in [9.17, 15) is 14.0 Å². The highest BCUT2D eigenvalue weighted by atomic mass is 19.1. The van der Waals surface area contributed by atoms with E-state index in [2.05, 4.69) is 20.5 Å². The van der Waals surface area contributed by atoms with Gasteiger partial charge in [-0.1, -0.05) is 30.3 Å². The number of hydrogen-bond acceptors (Lipinski definition) is 8. The first-order chi connectivity index (χ1) is 19.6. The molecule has 1 atom stereocenters. The number of ether oxygens (including phenoxy) is 1. The fourth-order valence-electron chi connectivity index (χ4n) is 4.36. The van der Waals surface area contributed by atoms with Gasteiger partial charge in [0.05, 0.1) is 17.7 Å². The molecule has 10 nitrogen and oxygen atoms in total. The van der Waals surface area contributed by atoms with Gasteiger partial charge in [-0.3, -0.25) is 4.79 Å². The third-order valence-electron chi connectivity index (χ3n) is 6.33. The first kappa shape index (κ1) is 30.4. The number of carbonyl (C=O) groups excluding carboxylic acids is 2. The van der Waals surface area contributed by atoms with Crippen molar-refractivity contribution in [3.63, 3.8) is 0 Å². The van der Waals surface area contributed by atoms with Crippen molar-refractivity contribution in [2.75, 3.05) is 7.05 Å². The summed E-state index contributed by atoms with van der Waals surface area (Å²) in [7, 11) is 1.47. The van der Waals surface area contributed by atoms with Gasteiger partial charge in [-0.15, -0.1) is 10.2 Å². The number of carbonyl (C=O) groups is 2. The van der Waals surface area contributed by atoms with Gasteiger partial charge in [0.15, 0.2) is 5.89 Å². The summed E-state index contributed by atoms with van der Waals surface area (Å²) >= 11 is 0. The number of aromatic nitrogens is 3. The van der Waals surface area contributed by atoms with Crippen molar-refractivity contribution in [3.05, 3.63) is 88.5 Å². The largest absolute Gasteiger partial charge is 0.446 e. The number of hydrogen-bond donors (Lipinski definition) is 1. The minimum Gasteiger partial charge on any atom is -0.446 e. The second kappa shape index (κ2) is 11.7. The highest BCUT2D eigenvalue weighted by Gasteiger charge is 2.37. The van der Waals surface area contributed by atoms with E-state index < -0.39 is 40.3 Å². The molecule has 1 unspecified atom stereocenters. The van der Waals surface area contributed by atoms with Crippen LogP contribution in [-0.2, 0) is 23.2 Å². The van der Waals surface area contributed by atoms with Gasteiger partial charge in [0.25, 0.3) is 11.8 Å². The summed E-state index contributed by atoms with van der Waals surface area (Å²) < 4.78 is 46.6. The van der Waals surface area contributed by atoms with Gasteiger partial charge in [0.2, 0.25) is 5.89 Å². The zero-order valence-electron chi connectivity index (χ0n) is 24.5. The van der Waals surface area contributed by atoms with Crippen LogP contribution in [0.2, 0.25) is 0 Å². The van der Waals surface area contributed by atoms with E-state index in [0.717, 1.165) is 11.6 Å². The summed E-state index contributed by atoms with van der Waals surface area (Å²) in [4.78, 5) is 31.4. The number of alkyl carbamates (subject to hydrolysis) is 1. The molecule has 0 radical (unpaired) electrons. The molecule has 1 N–H and O–H groups in total. The van der Waals surface area contributed by atoms with Crippen LogP contribution in [0.4, 0.5) is 13.6 Å². The van der Waals surface area contributed by atoms with Crippen LogP contribution in [0.3, 0.4) is 0 Å². The Labute approximate surface area is 242 Å². The van der Waals surface area contributed by atoms with Crippen molar-refractivity contribution in [1.29, 1.82) is 0 Å². The lowest BCUT2D eigenvalue weighted by molar-refractivity contribution is 0.0443. The number of oxazole rings is 1. The molecule has 42 heavy (non-hydrogen) atoms. The Balaban J connectivity index is 1.66. The van der Waals surface area contributed by atoms with Crippen molar-refractivity contribution < 1.29 is 31.9 Å². The number of aryl methyl sites for hydroxylation is 2. The van der Waals surface area contributed by atoms with Crippen molar-refractivity contribution in [3.8, 4) is 11.5 Å². The van der Waals surface area contributed by atoms with E-state index in [1.165, 1.54) is 11.9 Å². The summed E-state index contributed by atoms with van der Waals surface area (Å²) in [5.41, 5.74) is -1.35. The SMILES string of the molecule is Cc1nc(CN(C)C(=O)c2cc(-c3nnc(C(C)(Cc4ccccc4)NC(=O)OC(C)(C)C)o3)c(F)cc2F)c(C)o1. The standard InChI is InChI=1S/C30H33F2N5O5/c1-17-24(33-18(2)40-17)16-37(7)26(38)21-13-20(22(31)14-23(21)32)25-35-36-27(41-25)30(6,15-19-11-9-8-10-12-19)34-28(39)42-29(3,4)5/h8-14H,15-16H2,1-7H3,(H,34,39). The number of nitrogens with one attached hydrogen (secondary N) is 1. The molecule has 2 aromatic carbocycles. The zero-order valence-corrected chi connectivity index (χ0v) is 24.5. The molecule has 0 spiro atoms. The van der Waals surface area contributed by atoms with E-state index in [-0.39, 0.29) is 30.3 Å². The number of benzene rings is 2. The molecule has 2 aromatic heterocycles. The Bertz CT molecular complexity index is 1600. The van der Waals surface area contributed by atoms with Gasteiger partial charge in [-0.05, 0) is 46.2 Å². The highest BCUT2D eigenvalue weighted by molar-refractivity contribution is 5.95. The number of rotatable bonds is 8. The van der Waals surface area contributed by atoms with Crippen LogP contribution in [0.25, 0.3) is 11.5 Å². The van der Waals surface area contributed by atoms with Gasteiger partial charge in [-0.2, -0.15) is 0 Å². The lowest BCUT2D eigenvalue weighted by atomic mass is 9.92. The van der Waals surface area contributed by atoms with Gasteiger partial charge in [-0.25, -0.2) is 18.6 Å². The van der Waals surface area contributed by atoms with Crippen molar-refractivity contribution in [1.82, 2.24) is 25.4 Å². The molecule has 0 aliphatic rings. The lowest BCUT2D eigenvalue weighted by Gasteiger charge is -2.29. The molecule has 0 fully saturated rings. The monoisotopic (exact) mass is 581 g/mol. The summed E-state index contributed by atoms with van der Waals surface area (Å²) in [6.45, 7) is 10.3. The molecule has 2 heterocycles. The van der Waals surface area contributed by atoms with Gasteiger partial charge in [0, 0.05) is 26.5 Å². The van der Waals surface area contributed by atoms with Crippen LogP contribution in [0, 0.1) is 25.5 Å². The molecule has 0 saturated carbocycles. The molecule has 12 heteroatoms. The Morgan fingerprint density at radius 2 is 1.69 bits per heavy atom. The topological polar surface area (TPSA) is 124 Å². The second-order valence-electron chi connectivity index (χ2n) is 11.2. The third kappa shape index (κ3) is 6.99. The number of halogens is 2. The minimum absolute atomic E-state index is 0.0437. The molecule has 4 aromatic rings. The third-order valence-corrected chi connectivity index (χ3v) is 6.33. The van der Waals surface area contributed by atoms with Gasteiger partial charge >= 0.3 is 6.09 Å². The molecular weight excluding hydrogens is 548 g/mol. The minimum atomic E-state index is -1.27. The van der Waals surface area contributed by atoms with E-state index in [1.807, 2.05) is 30.3 Å². The maximum atomic E-state index is 15.0. The summed E-state index contributed by atoms with van der Waals surface area (Å²) in [6.07, 6.45) is -0.488. The molecule has 0 saturated heterocycles. The van der Waals surface area contributed by atoms with E-state index >= 15 is 4.39 Å². The average molecular weight is 582 g/mol.